The highest BCUT2D eigenvalue weighted by Crippen LogP contribution is 2.24. The maximum atomic E-state index is 12.5. The van der Waals surface area contributed by atoms with E-state index in [-0.39, 0.29) is 29.8 Å². The Hall–Kier alpha value is -3.33. The van der Waals surface area contributed by atoms with Crippen molar-refractivity contribution < 1.29 is 9.59 Å². The third kappa shape index (κ3) is 4.57. The van der Waals surface area contributed by atoms with Gasteiger partial charge in [0.05, 0.1) is 23.0 Å². The Morgan fingerprint density at radius 2 is 1.72 bits per heavy atom. The number of nitrogens with zero attached hydrogens (tertiary/aromatic N) is 2. The maximum Gasteiger partial charge on any atom is 0.273 e. The number of thioether (sulfide) groups is 1. The molecule has 2 amide bonds. The molecule has 0 saturated heterocycles. The lowest BCUT2D eigenvalue weighted by atomic mass is 10.2. The molecule has 3 aromatic rings. The molecule has 0 spiro atoms. The summed E-state index contributed by atoms with van der Waals surface area (Å²) in [5.41, 5.74) is -0.261. The smallest absolute Gasteiger partial charge is 0.273 e. The zero-order chi connectivity index (χ0) is 21.0. The fourth-order valence-electron chi connectivity index (χ4n) is 2.86. The Morgan fingerprint density at radius 3 is 2.45 bits per heavy atom. The van der Waals surface area contributed by atoms with E-state index in [0.29, 0.717) is 5.69 Å². The first-order valence-electron chi connectivity index (χ1n) is 8.79. The Morgan fingerprint density at radius 1 is 1.07 bits per heavy atom. The van der Waals surface area contributed by atoms with E-state index < -0.39 is 17.0 Å². The van der Waals surface area contributed by atoms with Gasteiger partial charge >= 0.3 is 0 Å². The highest BCUT2D eigenvalue weighted by Gasteiger charge is 2.16. The zero-order valence-corrected chi connectivity index (χ0v) is 16.8. The number of likely N-dealkylation sites (N-methyl/N-ethyl adjacent to an activating group) is 1. The largest absolute Gasteiger partial charge is 0.335 e. The van der Waals surface area contributed by atoms with Gasteiger partial charge in [-0.2, -0.15) is 0 Å². The molecule has 2 N–H and O–H groups in total. The number of aromatic nitrogens is 2. The molecular formula is C20H20N4O4S. The van der Waals surface area contributed by atoms with E-state index in [4.69, 9.17) is 0 Å². The van der Waals surface area contributed by atoms with Crippen LogP contribution in [0.3, 0.4) is 0 Å². The van der Waals surface area contributed by atoms with Crippen molar-refractivity contribution >= 4 is 40.0 Å². The van der Waals surface area contributed by atoms with Gasteiger partial charge in [-0.25, -0.2) is 4.68 Å². The number of amides is 2. The molecule has 1 aromatic heterocycles. The molecule has 8 nitrogen and oxygen atoms in total. The van der Waals surface area contributed by atoms with Crippen molar-refractivity contribution in [1.82, 2.24) is 14.7 Å². The summed E-state index contributed by atoms with van der Waals surface area (Å²) in [6.07, 6.45) is 1.91. The maximum absolute atomic E-state index is 12.5. The summed E-state index contributed by atoms with van der Waals surface area (Å²) < 4.78 is 0.963. The molecule has 3 rings (SSSR count). The first-order valence-corrected chi connectivity index (χ1v) is 10.0. The van der Waals surface area contributed by atoms with Gasteiger partial charge in [-0.3, -0.25) is 24.3 Å². The van der Waals surface area contributed by atoms with Crippen molar-refractivity contribution in [2.45, 2.75) is 11.4 Å². The van der Waals surface area contributed by atoms with Crippen LogP contribution < -0.4 is 16.4 Å². The van der Waals surface area contributed by atoms with Crippen LogP contribution in [0, 0.1) is 0 Å². The zero-order valence-electron chi connectivity index (χ0n) is 16.0. The summed E-state index contributed by atoms with van der Waals surface area (Å²) in [6.45, 7) is -0.557. The molecule has 0 atom stereocenters. The van der Waals surface area contributed by atoms with Gasteiger partial charge in [-0.1, -0.05) is 24.3 Å². The quantitative estimate of drug-likeness (QED) is 0.597. The third-order valence-electron chi connectivity index (χ3n) is 4.36. The summed E-state index contributed by atoms with van der Waals surface area (Å²) >= 11 is 1.50. The number of benzene rings is 2. The minimum atomic E-state index is -0.480. The van der Waals surface area contributed by atoms with Crippen LogP contribution in [-0.4, -0.2) is 46.3 Å². The fraction of sp³-hybridized carbons (Fsp3) is 0.200. The number of para-hydroxylation sites is 1. The second-order valence-corrected chi connectivity index (χ2v) is 7.22. The lowest BCUT2D eigenvalue weighted by Gasteiger charge is -2.18. The molecule has 0 aliphatic carbocycles. The minimum absolute atomic E-state index is 0.186. The van der Waals surface area contributed by atoms with Crippen LogP contribution in [0.15, 0.2) is 63.0 Å². The van der Waals surface area contributed by atoms with Crippen LogP contribution in [0.4, 0.5) is 5.69 Å². The molecule has 2 aromatic carbocycles. The van der Waals surface area contributed by atoms with Gasteiger partial charge in [0.15, 0.2) is 0 Å². The van der Waals surface area contributed by atoms with E-state index in [0.717, 1.165) is 9.58 Å². The lowest BCUT2D eigenvalue weighted by molar-refractivity contribution is -0.134. The Labute approximate surface area is 170 Å². The van der Waals surface area contributed by atoms with Crippen molar-refractivity contribution in [1.29, 1.82) is 0 Å². The van der Waals surface area contributed by atoms with E-state index in [2.05, 4.69) is 10.4 Å². The number of carbonyl (C=O) groups excluding carboxylic acids is 2. The average molecular weight is 412 g/mol. The van der Waals surface area contributed by atoms with Crippen molar-refractivity contribution in [3.05, 3.63) is 69.2 Å². The Bertz CT molecular complexity index is 1180. The average Bonchev–Trinajstić information content (AvgIpc) is 2.72. The molecule has 0 unspecified atom stereocenters. The van der Waals surface area contributed by atoms with Crippen molar-refractivity contribution in [2.24, 2.45) is 0 Å². The number of rotatable bonds is 6. The standard InChI is InChI=1S/C20H20N4O4S/c1-23(11-17(25)21-15-9-5-6-10-16(15)29-2)18(26)12-24-20(28)14-8-4-3-7-13(14)19(27)22-24/h3-10H,11-12H2,1-2H3,(H,21,25)(H,22,27). The first kappa shape index (κ1) is 20.4. The Balaban J connectivity index is 1.70. The molecule has 0 radical (unpaired) electrons. The van der Waals surface area contributed by atoms with Crippen LogP contribution in [0.1, 0.15) is 0 Å². The summed E-state index contributed by atoms with van der Waals surface area (Å²) in [5, 5.41) is 5.69. The van der Waals surface area contributed by atoms with E-state index >= 15 is 0 Å². The normalized spacial score (nSPS) is 10.7. The molecule has 0 bridgehead atoms. The molecule has 29 heavy (non-hydrogen) atoms. The van der Waals surface area contributed by atoms with Crippen LogP contribution >= 0.6 is 11.8 Å². The van der Waals surface area contributed by atoms with Gasteiger partial charge in [0.2, 0.25) is 11.8 Å². The SMILES string of the molecule is CSc1ccccc1NC(=O)CN(C)C(=O)Cn1[nH]c(=O)c2ccccc2c1=O. The number of hydrogen-bond donors (Lipinski definition) is 2. The second-order valence-electron chi connectivity index (χ2n) is 6.38. The fourth-order valence-corrected chi connectivity index (χ4v) is 3.41. The first-order chi connectivity index (χ1) is 13.9. The number of nitrogens with one attached hydrogen (secondary N) is 2. The van der Waals surface area contributed by atoms with Crippen LogP contribution in [0.25, 0.3) is 10.8 Å². The van der Waals surface area contributed by atoms with Crippen LogP contribution in [0.2, 0.25) is 0 Å². The summed E-state index contributed by atoms with van der Waals surface area (Å²) in [6, 6.07) is 13.7. The van der Waals surface area contributed by atoms with Gasteiger partial charge in [-0.05, 0) is 30.5 Å². The lowest BCUT2D eigenvalue weighted by Crippen LogP contribution is -2.40. The third-order valence-corrected chi connectivity index (χ3v) is 5.16. The van der Waals surface area contributed by atoms with E-state index in [1.165, 1.54) is 29.8 Å². The van der Waals surface area contributed by atoms with Crippen LogP contribution in [-0.2, 0) is 16.1 Å². The minimum Gasteiger partial charge on any atom is -0.335 e. The van der Waals surface area contributed by atoms with E-state index in [1.54, 1.807) is 24.3 Å². The van der Waals surface area contributed by atoms with Crippen molar-refractivity contribution in [2.75, 3.05) is 25.2 Å². The number of anilines is 1. The number of aromatic amines is 1. The predicted octanol–water partition coefficient (Wildman–Crippen LogP) is 1.51. The van der Waals surface area contributed by atoms with Gasteiger partial charge in [0.1, 0.15) is 6.54 Å². The van der Waals surface area contributed by atoms with Crippen molar-refractivity contribution in [3.63, 3.8) is 0 Å². The summed E-state index contributed by atoms with van der Waals surface area (Å²) in [7, 11) is 1.46. The van der Waals surface area contributed by atoms with E-state index in [1.807, 2.05) is 24.5 Å². The van der Waals surface area contributed by atoms with E-state index in [9.17, 15) is 19.2 Å². The monoisotopic (exact) mass is 412 g/mol. The predicted molar refractivity (Wildman–Crippen MR) is 113 cm³/mol. The molecule has 0 fully saturated rings. The van der Waals surface area contributed by atoms with Gasteiger partial charge < -0.3 is 10.2 Å². The summed E-state index contributed by atoms with van der Waals surface area (Å²) in [4.78, 5) is 51.6. The highest BCUT2D eigenvalue weighted by molar-refractivity contribution is 7.98. The molecule has 0 aliphatic heterocycles. The molecule has 1 heterocycles. The molecule has 9 heteroatoms. The molecule has 150 valence electrons. The number of fused-ring (bicyclic) bond motifs is 1. The number of carbonyl (C=O) groups is 2. The summed E-state index contributed by atoms with van der Waals surface area (Å²) in [5.74, 6) is -0.840. The molecule has 0 aliphatic rings. The molecular weight excluding hydrogens is 392 g/mol. The number of hydrogen-bond acceptors (Lipinski definition) is 5. The topological polar surface area (TPSA) is 104 Å². The Kier molecular flexibility index (Phi) is 6.18. The van der Waals surface area contributed by atoms with Crippen molar-refractivity contribution in [3.8, 4) is 0 Å². The second kappa shape index (κ2) is 8.78. The van der Waals surface area contributed by atoms with Gasteiger partial charge in [0, 0.05) is 11.9 Å². The van der Waals surface area contributed by atoms with Gasteiger partial charge in [-0.15, -0.1) is 11.8 Å². The molecule has 0 saturated carbocycles. The van der Waals surface area contributed by atoms with Gasteiger partial charge in [0.25, 0.3) is 11.1 Å². The van der Waals surface area contributed by atoms with Crippen LogP contribution in [0.5, 0.6) is 0 Å². The highest BCUT2D eigenvalue weighted by atomic mass is 32.2. The number of H-pyrrole nitrogens is 1.